The van der Waals surface area contributed by atoms with Crippen LogP contribution in [-0.2, 0) is 6.54 Å². The van der Waals surface area contributed by atoms with Crippen molar-refractivity contribution in [2.45, 2.75) is 12.8 Å². The highest BCUT2D eigenvalue weighted by Gasteiger charge is 2.26. The summed E-state index contributed by atoms with van der Waals surface area (Å²) in [5.41, 5.74) is 11.3. The van der Waals surface area contributed by atoms with Crippen molar-refractivity contribution in [1.29, 1.82) is 0 Å². The van der Waals surface area contributed by atoms with E-state index in [9.17, 15) is 5.11 Å². The Labute approximate surface area is 138 Å². The van der Waals surface area contributed by atoms with Crippen molar-refractivity contribution in [1.82, 2.24) is 10.3 Å². The van der Waals surface area contributed by atoms with Gasteiger partial charge in [-0.1, -0.05) is 17.7 Å². The van der Waals surface area contributed by atoms with Crippen LogP contribution < -0.4 is 11.1 Å². The number of aromatic nitrogens is 1. The molecule has 0 saturated heterocycles. The molecule has 6 heteroatoms. The van der Waals surface area contributed by atoms with Gasteiger partial charge in [-0.15, -0.1) is 12.4 Å². The number of benzene rings is 2. The number of rotatable bonds is 1. The van der Waals surface area contributed by atoms with Crippen molar-refractivity contribution in [2.24, 2.45) is 0 Å². The standard InChI is InChI=1S/C16H14ClN3O.ClH/c17-12-3-2-10(15-11(12)7-19-16(15)21)14-6-8-5-9(18)1-4-13(8)20-14;/h1-6,16,19-21H,7,18H2;1H. The van der Waals surface area contributed by atoms with Gasteiger partial charge < -0.3 is 15.8 Å². The quantitative estimate of drug-likeness (QED) is 0.513. The molecule has 4 nitrogen and oxygen atoms in total. The second-order valence-corrected chi connectivity index (χ2v) is 5.71. The Morgan fingerprint density at radius 3 is 2.82 bits per heavy atom. The Morgan fingerprint density at radius 2 is 2.00 bits per heavy atom. The summed E-state index contributed by atoms with van der Waals surface area (Å²) >= 11 is 6.22. The number of aromatic amines is 1. The van der Waals surface area contributed by atoms with E-state index in [1.165, 1.54) is 0 Å². The highest BCUT2D eigenvalue weighted by Crippen LogP contribution is 2.38. The zero-order valence-corrected chi connectivity index (χ0v) is 13.1. The topological polar surface area (TPSA) is 74.1 Å². The first kappa shape index (κ1) is 15.2. The lowest BCUT2D eigenvalue weighted by molar-refractivity contribution is 0.152. The number of H-pyrrole nitrogens is 1. The van der Waals surface area contributed by atoms with Crippen LogP contribution in [0.5, 0.6) is 0 Å². The van der Waals surface area contributed by atoms with Crippen LogP contribution in [0.2, 0.25) is 5.02 Å². The molecule has 1 unspecified atom stereocenters. The zero-order chi connectivity index (χ0) is 14.6. The van der Waals surface area contributed by atoms with E-state index in [1.54, 1.807) is 0 Å². The summed E-state index contributed by atoms with van der Waals surface area (Å²) in [6.45, 7) is 0.580. The summed E-state index contributed by atoms with van der Waals surface area (Å²) in [5.74, 6) is 0. The first-order valence-corrected chi connectivity index (χ1v) is 7.12. The van der Waals surface area contributed by atoms with Crippen molar-refractivity contribution >= 4 is 40.6 Å². The molecule has 3 aromatic rings. The molecule has 2 heterocycles. The van der Waals surface area contributed by atoms with E-state index >= 15 is 0 Å². The second-order valence-electron chi connectivity index (χ2n) is 5.30. The summed E-state index contributed by atoms with van der Waals surface area (Å²) in [4.78, 5) is 3.37. The maximum Gasteiger partial charge on any atom is 0.132 e. The molecule has 0 radical (unpaired) electrons. The molecule has 5 N–H and O–H groups in total. The molecule has 114 valence electrons. The van der Waals surface area contributed by atoms with Crippen molar-refractivity contribution in [3.63, 3.8) is 0 Å². The Balaban J connectivity index is 0.00000144. The SMILES string of the molecule is Cl.Nc1ccc2[nH]c(-c3ccc(Cl)c4c3C(O)NC4)cc2c1. The molecule has 1 atom stereocenters. The van der Waals surface area contributed by atoms with E-state index in [0.29, 0.717) is 11.6 Å². The molecule has 22 heavy (non-hydrogen) atoms. The predicted octanol–water partition coefficient (Wildman–Crippen LogP) is 3.59. The molecule has 1 aromatic heterocycles. The first-order valence-electron chi connectivity index (χ1n) is 6.75. The number of hydrogen-bond donors (Lipinski definition) is 4. The lowest BCUT2D eigenvalue weighted by Gasteiger charge is -2.11. The largest absolute Gasteiger partial charge is 0.399 e. The minimum atomic E-state index is -0.690. The highest BCUT2D eigenvalue weighted by atomic mass is 35.5. The molecular weight excluding hydrogens is 321 g/mol. The van der Waals surface area contributed by atoms with Gasteiger partial charge >= 0.3 is 0 Å². The number of anilines is 1. The van der Waals surface area contributed by atoms with Crippen LogP contribution in [0.3, 0.4) is 0 Å². The molecule has 0 spiro atoms. The number of hydrogen-bond acceptors (Lipinski definition) is 3. The van der Waals surface area contributed by atoms with Crippen molar-refractivity contribution in [3.8, 4) is 11.3 Å². The predicted molar refractivity (Wildman–Crippen MR) is 92.2 cm³/mol. The number of nitrogens with two attached hydrogens (primary N) is 1. The Bertz CT molecular complexity index is 860. The normalized spacial score (nSPS) is 16.5. The smallest absolute Gasteiger partial charge is 0.132 e. The third kappa shape index (κ3) is 2.25. The summed E-state index contributed by atoms with van der Waals surface area (Å²) in [6, 6.07) is 11.6. The van der Waals surface area contributed by atoms with Crippen molar-refractivity contribution in [2.75, 3.05) is 5.73 Å². The van der Waals surface area contributed by atoms with Crippen LogP contribution in [0.15, 0.2) is 36.4 Å². The summed E-state index contributed by atoms with van der Waals surface area (Å²) in [7, 11) is 0. The van der Waals surface area contributed by atoms with Crippen LogP contribution in [0.1, 0.15) is 17.4 Å². The molecule has 0 saturated carbocycles. The lowest BCUT2D eigenvalue weighted by Crippen LogP contribution is -2.10. The van der Waals surface area contributed by atoms with E-state index in [2.05, 4.69) is 10.3 Å². The molecule has 1 aliphatic rings. The summed E-state index contributed by atoms with van der Waals surface area (Å²) < 4.78 is 0. The number of aliphatic hydroxyl groups is 1. The summed E-state index contributed by atoms with van der Waals surface area (Å²) in [6.07, 6.45) is -0.690. The van der Waals surface area contributed by atoms with E-state index in [1.807, 2.05) is 36.4 Å². The van der Waals surface area contributed by atoms with Crippen molar-refractivity contribution in [3.05, 3.63) is 52.5 Å². The molecule has 2 aromatic carbocycles. The number of halogens is 2. The second kappa shape index (κ2) is 5.48. The van der Waals surface area contributed by atoms with Crippen LogP contribution in [0.25, 0.3) is 22.2 Å². The van der Waals surface area contributed by atoms with Gasteiger partial charge in [0.05, 0.1) is 0 Å². The van der Waals surface area contributed by atoms with Gasteiger partial charge in [-0.25, -0.2) is 0 Å². The van der Waals surface area contributed by atoms with Gasteiger partial charge in [-0.3, -0.25) is 5.32 Å². The Morgan fingerprint density at radius 1 is 1.18 bits per heavy atom. The molecular formula is C16H15Cl2N3O. The van der Waals surface area contributed by atoms with Crippen LogP contribution in [-0.4, -0.2) is 10.1 Å². The van der Waals surface area contributed by atoms with E-state index in [0.717, 1.165) is 39.0 Å². The number of fused-ring (bicyclic) bond motifs is 2. The van der Waals surface area contributed by atoms with Gasteiger partial charge in [0.1, 0.15) is 6.23 Å². The third-order valence-electron chi connectivity index (χ3n) is 3.98. The monoisotopic (exact) mass is 335 g/mol. The first-order chi connectivity index (χ1) is 10.1. The Hall–Kier alpha value is -1.72. The van der Waals surface area contributed by atoms with Gasteiger partial charge in [0.25, 0.3) is 0 Å². The molecule has 0 aliphatic carbocycles. The number of aliphatic hydroxyl groups excluding tert-OH is 1. The molecule has 0 amide bonds. The van der Waals surface area contributed by atoms with Gasteiger partial charge in [-0.2, -0.15) is 0 Å². The molecule has 0 bridgehead atoms. The molecule has 1 aliphatic heterocycles. The fourth-order valence-corrected chi connectivity index (χ4v) is 3.19. The van der Waals surface area contributed by atoms with Gasteiger partial charge in [0.15, 0.2) is 0 Å². The third-order valence-corrected chi connectivity index (χ3v) is 4.33. The molecule has 0 fully saturated rings. The van der Waals surface area contributed by atoms with E-state index < -0.39 is 6.23 Å². The van der Waals surface area contributed by atoms with E-state index in [4.69, 9.17) is 17.3 Å². The van der Waals surface area contributed by atoms with Crippen LogP contribution in [0.4, 0.5) is 5.69 Å². The van der Waals surface area contributed by atoms with Crippen LogP contribution >= 0.6 is 24.0 Å². The minimum absolute atomic E-state index is 0. The fourth-order valence-electron chi connectivity index (χ4n) is 2.96. The average molecular weight is 336 g/mol. The zero-order valence-electron chi connectivity index (χ0n) is 11.6. The van der Waals surface area contributed by atoms with Gasteiger partial charge in [0.2, 0.25) is 0 Å². The summed E-state index contributed by atoms with van der Waals surface area (Å²) in [5, 5.41) is 14.9. The molecule has 4 rings (SSSR count). The van der Waals surface area contributed by atoms with Gasteiger partial charge in [0, 0.05) is 45.0 Å². The fraction of sp³-hybridized carbons (Fsp3) is 0.125. The highest BCUT2D eigenvalue weighted by molar-refractivity contribution is 6.31. The van der Waals surface area contributed by atoms with E-state index in [-0.39, 0.29) is 12.4 Å². The Kier molecular flexibility index (Phi) is 3.78. The van der Waals surface area contributed by atoms with Crippen LogP contribution in [0, 0.1) is 0 Å². The van der Waals surface area contributed by atoms with Gasteiger partial charge in [-0.05, 0) is 35.9 Å². The average Bonchev–Trinajstić information content (AvgIpc) is 3.04. The number of nitrogens with one attached hydrogen (secondary N) is 2. The maximum atomic E-state index is 10.2. The van der Waals surface area contributed by atoms with Crippen molar-refractivity contribution < 1.29 is 5.11 Å². The number of nitrogen functional groups attached to an aromatic ring is 1. The maximum absolute atomic E-state index is 10.2. The minimum Gasteiger partial charge on any atom is -0.399 e. The lowest BCUT2D eigenvalue weighted by atomic mass is 10.00.